The van der Waals surface area contributed by atoms with Gasteiger partial charge in [0.25, 0.3) is 0 Å². The van der Waals surface area contributed by atoms with E-state index >= 15 is 0 Å². The van der Waals surface area contributed by atoms with E-state index in [-0.39, 0.29) is 0 Å². The first-order chi connectivity index (χ1) is 11.3. The molecule has 0 aliphatic heterocycles. The summed E-state index contributed by atoms with van der Waals surface area (Å²) in [6, 6.07) is 26.0. The standard InChI is InChI=1S/C21H17NO/c1-16-11-12-18(14-22)20(13-16)19-9-5-6-10-21(19)23-15-17-7-3-2-4-8-17/h2-13H,15H2,1H3. The van der Waals surface area contributed by atoms with E-state index < -0.39 is 0 Å². The summed E-state index contributed by atoms with van der Waals surface area (Å²) in [6.07, 6.45) is 0. The number of nitriles is 1. The lowest BCUT2D eigenvalue weighted by atomic mass is 9.97. The molecule has 3 aromatic rings. The van der Waals surface area contributed by atoms with Crippen LogP contribution in [0.4, 0.5) is 0 Å². The molecule has 0 saturated heterocycles. The molecule has 0 spiro atoms. The number of nitrogens with zero attached hydrogens (tertiary/aromatic N) is 1. The third-order valence-electron chi connectivity index (χ3n) is 3.71. The monoisotopic (exact) mass is 299 g/mol. The predicted molar refractivity (Wildman–Crippen MR) is 92.1 cm³/mol. The van der Waals surface area contributed by atoms with Gasteiger partial charge in [-0.3, -0.25) is 0 Å². The minimum Gasteiger partial charge on any atom is -0.488 e. The first-order valence-electron chi connectivity index (χ1n) is 7.55. The van der Waals surface area contributed by atoms with Gasteiger partial charge in [0.1, 0.15) is 12.4 Å². The van der Waals surface area contributed by atoms with Crippen molar-refractivity contribution in [2.75, 3.05) is 0 Å². The minimum absolute atomic E-state index is 0.506. The second-order valence-corrected chi connectivity index (χ2v) is 5.43. The third kappa shape index (κ3) is 3.41. The van der Waals surface area contributed by atoms with E-state index in [1.807, 2.05) is 79.7 Å². The van der Waals surface area contributed by atoms with Gasteiger partial charge in [0.15, 0.2) is 0 Å². The smallest absolute Gasteiger partial charge is 0.127 e. The molecule has 0 unspecified atom stereocenters. The van der Waals surface area contributed by atoms with Gasteiger partial charge in [-0.25, -0.2) is 0 Å². The van der Waals surface area contributed by atoms with E-state index in [1.54, 1.807) is 0 Å². The van der Waals surface area contributed by atoms with Gasteiger partial charge in [-0.1, -0.05) is 60.2 Å². The zero-order valence-electron chi connectivity index (χ0n) is 13.0. The third-order valence-corrected chi connectivity index (χ3v) is 3.71. The molecule has 3 aromatic carbocycles. The van der Waals surface area contributed by atoms with Crippen LogP contribution in [-0.2, 0) is 6.61 Å². The number of aryl methyl sites for hydroxylation is 1. The summed E-state index contributed by atoms with van der Waals surface area (Å²) in [4.78, 5) is 0. The molecule has 112 valence electrons. The highest BCUT2D eigenvalue weighted by atomic mass is 16.5. The highest BCUT2D eigenvalue weighted by Crippen LogP contribution is 2.33. The Balaban J connectivity index is 1.96. The van der Waals surface area contributed by atoms with E-state index in [0.29, 0.717) is 12.2 Å². The summed E-state index contributed by atoms with van der Waals surface area (Å²) < 4.78 is 6.01. The van der Waals surface area contributed by atoms with Crippen LogP contribution in [0, 0.1) is 18.3 Å². The van der Waals surface area contributed by atoms with Gasteiger partial charge in [0.05, 0.1) is 11.6 Å². The Morgan fingerprint density at radius 2 is 1.61 bits per heavy atom. The summed E-state index contributed by atoms with van der Waals surface area (Å²) in [5.41, 5.74) is 4.76. The Morgan fingerprint density at radius 1 is 0.870 bits per heavy atom. The van der Waals surface area contributed by atoms with Gasteiger partial charge in [-0.05, 0) is 30.7 Å². The fourth-order valence-corrected chi connectivity index (χ4v) is 2.53. The van der Waals surface area contributed by atoms with Crippen molar-refractivity contribution in [3.05, 3.63) is 89.5 Å². The number of para-hydroxylation sites is 1. The fourth-order valence-electron chi connectivity index (χ4n) is 2.53. The van der Waals surface area contributed by atoms with Crippen molar-refractivity contribution in [1.29, 1.82) is 5.26 Å². The molecule has 0 N–H and O–H groups in total. The molecule has 0 fully saturated rings. The Hall–Kier alpha value is -3.05. The number of benzene rings is 3. The zero-order valence-corrected chi connectivity index (χ0v) is 13.0. The van der Waals surface area contributed by atoms with E-state index in [9.17, 15) is 5.26 Å². The summed E-state index contributed by atoms with van der Waals surface area (Å²) in [5.74, 6) is 0.790. The maximum Gasteiger partial charge on any atom is 0.127 e. The van der Waals surface area contributed by atoms with Crippen molar-refractivity contribution in [2.45, 2.75) is 13.5 Å². The molecule has 0 bridgehead atoms. The van der Waals surface area contributed by atoms with Crippen molar-refractivity contribution in [2.24, 2.45) is 0 Å². The van der Waals surface area contributed by atoms with Crippen molar-refractivity contribution in [1.82, 2.24) is 0 Å². The van der Waals surface area contributed by atoms with Gasteiger partial charge in [0, 0.05) is 11.1 Å². The molecule has 0 saturated carbocycles. The zero-order chi connectivity index (χ0) is 16.1. The molecule has 0 aliphatic carbocycles. The van der Waals surface area contributed by atoms with Gasteiger partial charge < -0.3 is 4.74 Å². The van der Waals surface area contributed by atoms with Crippen LogP contribution in [0.25, 0.3) is 11.1 Å². The second-order valence-electron chi connectivity index (χ2n) is 5.43. The van der Waals surface area contributed by atoms with Crippen LogP contribution in [0.15, 0.2) is 72.8 Å². The van der Waals surface area contributed by atoms with Gasteiger partial charge in [-0.15, -0.1) is 0 Å². The molecule has 2 heteroatoms. The van der Waals surface area contributed by atoms with E-state index in [1.165, 1.54) is 0 Å². The number of rotatable bonds is 4. The Labute approximate surface area is 136 Å². The van der Waals surface area contributed by atoms with Crippen LogP contribution in [0.1, 0.15) is 16.7 Å². The van der Waals surface area contributed by atoms with Gasteiger partial charge >= 0.3 is 0 Å². The van der Waals surface area contributed by atoms with Crippen molar-refractivity contribution in [3.63, 3.8) is 0 Å². The van der Waals surface area contributed by atoms with Crippen LogP contribution in [0.5, 0.6) is 5.75 Å². The highest BCUT2D eigenvalue weighted by Gasteiger charge is 2.11. The largest absolute Gasteiger partial charge is 0.488 e. The van der Waals surface area contributed by atoms with Crippen molar-refractivity contribution in [3.8, 4) is 22.9 Å². The average Bonchev–Trinajstić information content (AvgIpc) is 2.61. The molecular formula is C21H17NO. The number of ether oxygens (including phenoxy) is 1. The van der Waals surface area contributed by atoms with E-state index in [2.05, 4.69) is 6.07 Å². The van der Waals surface area contributed by atoms with Crippen LogP contribution in [0.3, 0.4) is 0 Å². The summed E-state index contributed by atoms with van der Waals surface area (Å²) >= 11 is 0. The SMILES string of the molecule is Cc1ccc(C#N)c(-c2ccccc2OCc2ccccc2)c1. The molecule has 0 atom stereocenters. The molecule has 2 nitrogen and oxygen atoms in total. The summed E-state index contributed by atoms with van der Waals surface area (Å²) in [5, 5.41) is 9.38. The maximum atomic E-state index is 9.38. The van der Waals surface area contributed by atoms with Crippen LogP contribution >= 0.6 is 0 Å². The molecule has 0 radical (unpaired) electrons. The topological polar surface area (TPSA) is 33.0 Å². The van der Waals surface area contributed by atoms with Crippen LogP contribution in [-0.4, -0.2) is 0 Å². The lowest BCUT2D eigenvalue weighted by Crippen LogP contribution is -1.97. The molecule has 0 aromatic heterocycles. The number of hydrogen-bond acceptors (Lipinski definition) is 2. The normalized spacial score (nSPS) is 10.1. The summed E-state index contributed by atoms with van der Waals surface area (Å²) in [6.45, 7) is 2.53. The summed E-state index contributed by atoms with van der Waals surface area (Å²) in [7, 11) is 0. The first kappa shape index (κ1) is 14.9. The minimum atomic E-state index is 0.506. The first-order valence-corrected chi connectivity index (χ1v) is 7.55. The second kappa shape index (κ2) is 6.81. The van der Waals surface area contributed by atoms with E-state index in [0.717, 1.165) is 28.0 Å². The van der Waals surface area contributed by atoms with Crippen molar-refractivity contribution >= 4 is 0 Å². The van der Waals surface area contributed by atoms with Crippen LogP contribution in [0.2, 0.25) is 0 Å². The van der Waals surface area contributed by atoms with E-state index in [4.69, 9.17) is 4.74 Å². The molecular weight excluding hydrogens is 282 g/mol. The Morgan fingerprint density at radius 3 is 2.39 bits per heavy atom. The van der Waals surface area contributed by atoms with Crippen molar-refractivity contribution < 1.29 is 4.74 Å². The maximum absolute atomic E-state index is 9.38. The van der Waals surface area contributed by atoms with Gasteiger partial charge in [0.2, 0.25) is 0 Å². The highest BCUT2D eigenvalue weighted by molar-refractivity contribution is 5.76. The molecule has 0 heterocycles. The fraction of sp³-hybridized carbons (Fsp3) is 0.0952. The lowest BCUT2D eigenvalue weighted by molar-refractivity contribution is 0.307. The average molecular weight is 299 g/mol. The Bertz CT molecular complexity index is 847. The van der Waals surface area contributed by atoms with Crippen LogP contribution < -0.4 is 4.74 Å². The lowest BCUT2D eigenvalue weighted by Gasteiger charge is -2.13. The Kier molecular flexibility index (Phi) is 4.40. The molecule has 0 amide bonds. The molecule has 23 heavy (non-hydrogen) atoms. The quantitative estimate of drug-likeness (QED) is 0.670. The molecule has 0 aliphatic rings. The van der Waals surface area contributed by atoms with Gasteiger partial charge in [-0.2, -0.15) is 5.26 Å². The number of hydrogen-bond donors (Lipinski definition) is 0. The predicted octanol–water partition coefficient (Wildman–Crippen LogP) is 5.11. The molecule has 3 rings (SSSR count).